The second-order valence-electron chi connectivity index (χ2n) is 5.08. The number of amides is 1. The molecule has 0 saturated carbocycles. The molecule has 1 amide bonds. The van der Waals surface area contributed by atoms with Crippen LogP contribution in [0.15, 0.2) is 11.0 Å². The topological polar surface area (TPSA) is 92.7 Å². The summed E-state index contributed by atoms with van der Waals surface area (Å²) in [5.74, 6) is 0.193. The van der Waals surface area contributed by atoms with E-state index >= 15 is 0 Å². The molecule has 0 aromatic carbocycles. The van der Waals surface area contributed by atoms with Crippen LogP contribution in [-0.4, -0.2) is 32.2 Å². The number of nitrogens with one attached hydrogen (secondary N) is 2. The van der Waals surface area contributed by atoms with Gasteiger partial charge in [-0.3, -0.25) is 14.6 Å². The highest BCUT2D eigenvalue weighted by Gasteiger charge is 2.20. The van der Waals surface area contributed by atoms with Gasteiger partial charge in [-0.25, -0.2) is 9.67 Å². The fraction of sp³-hybridized carbons (Fsp3) is 0.429. The van der Waals surface area contributed by atoms with Crippen molar-refractivity contribution in [1.29, 1.82) is 0 Å². The number of fused-ring (bicyclic) bond motifs is 1. The molecule has 7 nitrogen and oxygen atoms in total. The first-order valence-corrected chi connectivity index (χ1v) is 7.07. The van der Waals surface area contributed by atoms with Crippen LogP contribution in [0.3, 0.4) is 0 Å². The van der Waals surface area contributed by atoms with Crippen molar-refractivity contribution in [1.82, 2.24) is 25.1 Å². The number of rotatable bonds is 3. The zero-order valence-electron chi connectivity index (χ0n) is 12.1. The Labute approximate surface area is 121 Å². The Morgan fingerprint density at radius 3 is 3.05 bits per heavy atom. The van der Waals surface area contributed by atoms with E-state index in [2.05, 4.69) is 20.4 Å². The first-order valence-electron chi connectivity index (χ1n) is 7.07. The number of aryl methyl sites for hydroxylation is 1. The number of nitrogens with zero attached hydrogens (tertiary/aromatic N) is 3. The predicted molar refractivity (Wildman–Crippen MR) is 76.7 cm³/mol. The standard InChI is InChI=1S/C14H17N5O2/c1-3-15-12(20)10-7-16-19(8(10)2)14-17-11-6-4-5-9(11)13(21)18-14/h7H,3-6H2,1-2H3,(H,15,20)(H,17,18,21). The molecule has 2 aromatic heterocycles. The third-order valence-electron chi connectivity index (χ3n) is 3.72. The van der Waals surface area contributed by atoms with Crippen molar-refractivity contribution in [3.05, 3.63) is 39.1 Å². The molecule has 2 heterocycles. The van der Waals surface area contributed by atoms with Gasteiger partial charge in [0.2, 0.25) is 5.95 Å². The van der Waals surface area contributed by atoms with E-state index in [9.17, 15) is 9.59 Å². The molecule has 7 heteroatoms. The SMILES string of the molecule is CCNC(=O)c1cnn(-c2nc3c(c(=O)[nH]2)CCC3)c1C. The van der Waals surface area contributed by atoms with Gasteiger partial charge in [0.25, 0.3) is 11.5 Å². The minimum atomic E-state index is -0.176. The summed E-state index contributed by atoms with van der Waals surface area (Å²) in [7, 11) is 0. The van der Waals surface area contributed by atoms with Crippen molar-refractivity contribution in [3.8, 4) is 5.95 Å². The van der Waals surface area contributed by atoms with Gasteiger partial charge < -0.3 is 5.32 Å². The van der Waals surface area contributed by atoms with Crippen LogP contribution in [0.2, 0.25) is 0 Å². The van der Waals surface area contributed by atoms with Gasteiger partial charge in [-0.2, -0.15) is 5.10 Å². The highest BCUT2D eigenvalue weighted by Crippen LogP contribution is 2.17. The fourth-order valence-corrected chi connectivity index (χ4v) is 2.63. The Bertz CT molecular complexity index is 759. The smallest absolute Gasteiger partial charge is 0.255 e. The molecular weight excluding hydrogens is 270 g/mol. The van der Waals surface area contributed by atoms with Crippen LogP contribution in [0.1, 0.15) is 40.7 Å². The quantitative estimate of drug-likeness (QED) is 0.860. The number of aromatic nitrogens is 4. The van der Waals surface area contributed by atoms with Gasteiger partial charge >= 0.3 is 0 Å². The molecule has 21 heavy (non-hydrogen) atoms. The molecule has 3 rings (SSSR count). The molecule has 0 saturated heterocycles. The predicted octanol–water partition coefficient (Wildman–Crippen LogP) is 0.502. The zero-order chi connectivity index (χ0) is 15.0. The largest absolute Gasteiger partial charge is 0.352 e. The summed E-state index contributed by atoms with van der Waals surface area (Å²) in [5, 5.41) is 6.91. The molecule has 0 atom stereocenters. The monoisotopic (exact) mass is 287 g/mol. The van der Waals surface area contributed by atoms with Crippen molar-refractivity contribution >= 4 is 5.91 Å². The summed E-state index contributed by atoms with van der Waals surface area (Å²) in [6.45, 7) is 4.19. The van der Waals surface area contributed by atoms with Crippen LogP contribution in [0, 0.1) is 6.92 Å². The number of hydrogen-bond donors (Lipinski definition) is 2. The Kier molecular flexibility index (Phi) is 3.32. The molecule has 0 spiro atoms. The second-order valence-corrected chi connectivity index (χ2v) is 5.08. The van der Waals surface area contributed by atoms with Crippen LogP contribution in [0.4, 0.5) is 0 Å². The van der Waals surface area contributed by atoms with E-state index in [0.717, 1.165) is 30.5 Å². The first kappa shape index (κ1) is 13.5. The first-order chi connectivity index (χ1) is 10.1. The highest BCUT2D eigenvalue weighted by molar-refractivity contribution is 5.95. The molecule has 110 valence electrons. The Morgan fingerprint density at radius 2 is 2.29 bits per heavy atom. The van der Waals surface area contributed by atoms with Crippen LogP contribution in [0.25, 0.3) is 5.95 Å². The van der Waals surface area contributed by atoms with Crippen molar-refractivity contribution in [2.45, 2.75) is 33.1 Å². The van der Waals surface area contributed by atoms with Crippen LogP contribution in [-0.2, 0) is 12.8 Å². The van der Waals surface area contributed by atoms with Crippen molar-refractivity contribution in [2.75, 3.05) is 6.54 Å². The maximum absolute atomic E-state index is 12.0. The second kappa shape index (κ2) is 5.16. The van der Waals surface area contributed by atoms with Crippen LogP contribution < -0.4 is 10.9 Å². The van der Waals surface area contributed by atoms with E-state index in [1.54, 1.807) is 6.92 Å². The lowest BCUT2D eigenvalue weighted by atomic mass is 10.2. The summed E-state index contributed by atoms with van der Waals surface area (Å²) in [6, 6.07) is 0. The number of carbonyl (C=O) groups excluding carboxylic acids is 1. The Morgan fingerprint density at radius 1 is 1.48 bits per heavy atom. The van der Waals surface area contributed by atoms with E-state index in [1.165, 1.54) is 10.9 Å². The molecule has 0 bridgehead atoms. The molecular formula is C14H17N5O2. The minimum Gasteiger partial charge on any atom is -0.352 e. The Hall–Kier alpha value is -2.44. The van der Waals surface area contributed by atoms with E-state index in [0.29, 0.717) is 23.8 Å². The Balaban J connectivity index is 2.04. The summed E-state index contributed by atoms with van der Waals surface area (Å²) in [4.78, 5) is 31.2. The molecule has 2 N–H and O–H groups in total. The van der Waals surface area contributed by atoms with Gasteiger partial charge in [0.15, 0.2) is 0 Å². The van der Waals surface area contributed by atoms with Gasteiger partial charge in [0.05, 0.1) is 23.1 Å². The van der Waals surface area contributed by atoms with Gasteiger partial charge in [0.1, 0.15) is 0 Å². The van der Waals surface area contributed by atoms with Crippen LogP contribution in [0.5, 0.6) is 0 Å². The molecule has 0 aliphatic heterocycles. The van der Waals surface area contributed by atoms with Gasteiger partial charge in [-0.1, -0.05) is 0 Å². The third kappa shape index (κ3) is 2.24. The number of aromatic amines is 1. The molecule has 1 aliphatic carbocycles. The highest BCUT2D eigenvalue weighted by atomic mass is 16.1. The molecule has 0 radical (unpaired) electrons. The fourth-order valence-electron chi connectivity index (χ4n) is 2.63. The maximum Gasteiger partial charge on any atom is 0.255 e. The average molecular weight is 287 g/mol. The van der Waals surface area contributed by atoms with Crippen molar-refractivity contribution < 1.29 is 4.79 Å². The summed E-state index contributed by atoms with van der Waals surface area (Å²) in [6.07, 6.45) is 4.04. The number of hydrogen-bond acceptors (Lipinski definition) is 4. The lowest BCUT2D eigenvalue weighted by Gasteiger charge is -2.06. The van der Waals surface area contributed by atoms with Crippen LogP contribution >= 0.6 is 0 Å². The summed E-state index contributed by atoms with van der Waals surface area (Å²) >= 11 is 0. The average Bonchev–Trinajstić information content (AvgIpc) is 3.05. The summed E-state index contributed by atoms with van der Waals surface area (Å²) < 4.78 is 1.50. The number of H-pyrrole nitrogens is 1. The molecule has 2 aromatic rings. The molecule has 0 fully saturated rings. The van der Waals surface area contributed by atoms with Gasteiger partial charge in [0, 0.05) is 12.1 Å². The third-order valence-corrected chi connectivity index (χ3v) is 3.72. The van der Waals surface area contributed by atoms with Gasteiger partial charge in [-0.05, 0) is 33.1 Å². The van der Waals surface area contributed by atoms with Crippen molar-refractivity contribution in [2.24, 2.45) is 0 Å². The van der Waals surface area contributed by atoms with E-state index < -0.39 is 0 Å². The molecule has 0 unspecified atom stereocenters. The van der Waals surface area contributed by atoms with Crippen molar-refractivity contribution in [3.63, 3.8) is 0 Å². The number of carbonyl (C=O) groups is 1. The van der Waals surface area contributed by atoms with E-state index in [1.807, 2.05) is 6.92 Å². The van der Waals surface area contributed by atoms with Gasteiger partial charge in [-0.15, -0.1) is 0 Å². The minimum absolute atomic E-state index is 0.109. The van der Waals surface area contributed by atoms with E-state index in [4.69, 9.17) is 0 Å². The maximum atomic E-state index is 12.0. The summed E-state index contributed by atoms with van der Waals surface area (Å²) in [5.41, 5.74) is 2.64. The zero-order valence-corrected chi connectivity index (χ0v) is 12.1. The lowest BCUT2D eigenvalue weighted by molar-refractivity contribution is 0.0955. The normalized spacial score (nSPS) is 13.2. The molecule has 1 aliphatic rings. The lowest BCUT2D eigenvalue weighted by Crippen LogP contribution is -2.23. The van der Waals surface area contributed by atoms with E-state index in [-0.39, 0.29) is 11.5 Å².